The van der Waals surface area contributed by atoms with E-state index in [-0.39, 0.29) is 11.8 Å². The van der Waals surface area contributed by atoms with Gasteiger partial charge in [-0.15, -0.1) is 11.3 Å². The van der Waals surface area contributed by atoms with E-state index in [1.165, 1.54) is 11.3 Å². The molecule has 0 fully saturated rings. The summed E-state index contributed by atoms with van der Waals surface area (Å²) in [6, 6.07) is 8.91. The molecular weight excluding hydrogens is 362 g/mol. The molecule has 138 valence electrons. The lowest BCUT2D eigenvalue weighted by Crippen LogP contribution is -2.24. The molecule has 27 heavy (non-hydrogen) atoms. The zero-order valence-electron chi connectivity index (χ0n) is 15.0. The van der Waals surface area contributed by atoms with Crippen LogP contribution in [0.3, 0.4) is 0 Å². The lowest BCUT2D eigenvalue weighted by molar-refractivity contribution is 0.0949. The zero-order chi connectivity index (χ0) is 19.2. The number of carbonyl (C=O) groups is 2. The molecular formula is C19H19N5O2S. The maximum absolute atomic E-state index is 12.5. The number of hydrogen-bond donors (Lipinski definition) is 2. The van der Waals surface area contributed by atoms with Crippen molar-refractivity contribution in [2.24, 2.45) is 0 Å². The average molecular weight is 381 g/mol. The summed E-state index contributed by atoms with van der Waals surface area (Å²) < 4.78 is 0. The highest BCUT2D eigenvalue weighted by atomic mass is 32.1. The van der Waals surface area contributed by atoms with Gasteiger partial charge in [-0.05, 0) is 37.6 Å². The maximum atomic E-state index is 12.5. The third-order valence-electron chi connectivity index (χ3n) is 3.74. The van der Waals surface area contributed by atoms with Crippen LogP contribution in [0.25, 0.3) is 10.8 Å². The van der Waals surface area contributed by atoms with E-state index >= 15 is 0 Å². The summed E-state index contributed by atoms with van der Waals surface area (Å²) in [6.07, 6.45) is 3.28. The Morgan fingerprint density at radius 3 is 2.59 bits per heavy atom. The van der Waals surface area contributed by atoms with Gasteiger partial charge in [0.05, 0.1) is 5.69 Å². The number of rotatable bonds is 6. The Balaban J connectivity index is 1.69. The fraction of sp³-hybridized carbons (Fsp3) is 0.211. The van der Waals surface area contributed by atoms with Gasteiger partial charge in [-0.3, -0.25) is 9.59 Å². The third-order valence-corrected chi connectivity index (χ3v) is 4.89. The molecule has 0 saturated carbocycles. The molecule has 0 radical (unpaired) electrons. The zero-order valence-corrected chi connectivity index (χ0v) is 15.8. The number of carbonyl (C=O) groups excluding carboxylic acids is 2. The lowest BCUT2D eigenvalue weighted by Gasteiger charge is -2.07. The molecule has 0 saturated heterocycles. The van der Waals surface area contributed by atoms with Crippen LogP contribution in [-0.2, 0) is 6.54 Å². The average Bonchev–Trinajstić information content (AvgIpc) is 3.09. The van der Waals surface area contributed by atoms with Crippen LogP contribution in [0.15, 0.2) is 42.7 Å². The highest BCUT2D eigenvalue weighted by molar-refractivity contribution is 7.17. The van der Waals surface area contributed by atoms with Crippen LogP contribution in [0.1, 0.15) is 38.2 Å². The van der Waals surface area contributed by atoms with Crippen molar-refractivity contribution >= 4 is 23.2 Å². The van der Waals surface area contributed by atoms with E-state index in [1.54, 1.807) is 43.6 Å². The van der Waals surface area contributed by atoms with Crippen molar-refractivity contribution in [2.75, 3.05) is 6.54 Å². The van der Waals surface area contributed by atoms with E-state index in [1.807, 2.05) is 13.0 Å². The predicted molar refractivity (Wildman–Crippen MR) is 103 cm³/mol. The number of benzene rings is 1. The van der Waals surface area contributed by atoms with Gasteiger partial charge < -0.3 is 10.6 Å². The van der Waals surface area contributed by atoms with Crippen molar-refractivity contribution in [2.45, 2.75) is 20.4 Å². The Hall–Kier alpha value is -3.13. The van der Waals surface area contributed by atoms with E-state index in [4.69, 9.17) is 0 Å². The number of thiazole rings is 1. The maximum Gasteiger partial charge on any atom is 0.263 e. The Bertz CT molecular complexity index is 956. The topological polar surface area (TPSA) is 96.9 Å². The number of aromatic nitrogens is 3. The predicted octanol–water partition coefficient (Wildman–Crippen LogP) is 2.59. The first kappa shape index (κ1) is 18.7. The molecule has 2 heterocycles. The van der Waals surface area contributed by atoms with Crippen LogP contribution in [0.4, 0.5) is 0 Å². The Morgan fingerprint density at radius 2 is 1.85 bits per heavy atom. The minimum absolute atomic E-state index is 0.128. The number of amides is 2. The Labute approximate surface area is 160 Å². The molecule has 0 bridgehead atoms. The summed E-state index contributed by atoms with van der Waals surface area (Å²) >= 11 is 1.26. The van der Waals surface area contributed by atoms with E-state index < -0.39 is 0 Å². The van der Waals surface area contributed by atoms with Crippen molar-refractivity contribution in [3.05, 3.63) is 64.4 Å². The molecule has 0 unspecified atom stereocenters. The number of nitrogens with zero attached hydrogens (tertiary/aromatic N) is 3. The fourth-order valence-electron chi connectivity index (χ4n) is 2.46. The summed E-state index contributed by atoms with van der Waals surface area (Å²) in [7, 11) is 0. The number of nitrogens with one attached hydrogen (secondary N) is 2. The SMILES string of the molecule is CCNC(=O)c1cccc(CNC(=O)c2sc(-c3ncccn3)nc2C)c1. The van der Waals surface area contributed by atoms with Gasteiger partial charge in [0.25, 0.3) is 11.8 Å². The largest absolute Gasteiger partial charge is 0.352 e. The van der Waals surface area contributed by atoms with Crippen molar-refractivity contribution in [3.63, 3.8) is 0 Å². The van der Waals surface area contributed by atoms with E-state index in [9.17, 15) is 9.59 Å². The summed E-state index contributed by atoms with van der Waals surface area (Å²) in [4.78, 5) is 37.7. The smallest absolute Gasteiger partial charge is 0.263 e. The van der Waals surface area contributed by atoms with Crippen molar-refractivity contribution in [1.29, 1.82) is 0 Å². The van der Waals surface area contributed by atoms with Crippen LogP contribution in [0.2, 0.25) is 0 Å². The molecule has 7 nitrogen and oxygen atoms in total. The first-order chi connectivity index (χ1) is 13.1. The minimum Gasteiger partial charge on any atom is -0.352 e. The van der Waals surface area contributed by atoms with Crippen LogP contribution < -0.4 is 10.6 Å². The second-order valence-corrected chi connectivity index (χ2v) is 6.75. The molecule has 2 aromatic heterocycles. The van der Waals surface area contributed by atoms with E-state index in [2.05, 4.69) is 25.6 Å². The second-order valence-electron chi connectivity index (χ2n) is 5.75. The van der Waals surface area contributed by atoms with Gasteiger partial charge in [-0.2, -0.15) is 0 Å². The van der Waals surface area contributed by atoms with E-state index in [0.29, 0.717) is 40.1 Å². The van der Waals surface area contributed by atoms with Crippen LogP contribution >= 0.6 is 11.3 Å². The first-order valence-corrected chi connectivity index (χ1v) is 9.30. The fourth-order valence-corrected chi connectivity index (χ4v) is 3.39. The molecule has 0 aliphatic carbocycles. The summed E-state index contributed by atoms with van der Waals surface area (Å²) in [5, 5.41) is 6.25. The highest BCUT2D eigenvalue weighted by Crippen LogP contribution is 2.25. The second kappa shape index (κ2) is 8.50. The minimum atomic E-state index is -0.212. The summed E-state index contributed by atoms with van der Waals surface area (Å²) in [5.41, 5.74) is 2.05. The van der Waals surface area contributed by atoms with E-state index in [0.717, 1.165) is 5.56 Å². The molecule has 3 aromatic rings. The monoisotopic (exact) mass is 381 g/mol. The summed E-state index contributed by atoms with van der Waals surface area (Å²) in [5.74, 6) is 0.159. The normalized spacial score (nSPS) is 10.4. The van der Waals surface area contributed by atoms with Gasteiger partial charge in [0.15, 0.2) is 10.8 Å². The van der Waals surface area contributed by atoms with Crippen molar-refractivity contribution in [3.8, 4) is 10.8 Å². The molecule has 0 spiro atoms. The van der Waals surface area contributed by atoms with Gasteiger partial charge in [-0.25, -0.2) is 15.0 Å². The van der Waals surface area contributed by atoms with Crippen LogP contribution in [0, 0.1) is 6.92 Å². The molecule has 8 heteroatoms. The number of hydrogen-bond acceptors (Lipinski definition) is 6. The Kier molecular flexibility index (Phi) is 5.87. The lowest BCUT2D eigenvalue weighted by atomic mass is 10.1. The van der Waals surface area contributed by atoms with Crippen LogP contribution in [-0.4, -0.2) is 33.3 Å². The number of aryl methyl sites for hydroxylation is 1. The van der Waals surface area contributed by atoms with Gasteiger partial charge in [0, 0.05) is 31.0 Å². The quantitative estimate of drug-likeness (QED) is 0.684. The first-order valence-electron chi connectivity index (χ1n) is 8.48. The molecule has 1 aromatic carbocycles. The molecule has 0 aliphatic rings. The van der Waals surface area contributed by atoms with Crippen molar-refractivity contribution in [1.82, 2.24) is 25.6 Å². The molecule has 2 N–H and O–H groups in total. The third kappa shape index (κ3) is 4.53. The standard InChI is InChI=1S/C19H19N5O2S/c1-3-20-17(25)14-7-4-6-13(10-14)11-23-18(26)15-12(2)24-19(27-15)16-21-8-5-9-22-16/h4-10H,3,11H2,1-2H3,(H,20,25)(H,23,26). The molecule has 0 aliphatic heterocycles. The van der Waals surface area contributed by atoms with Gasteiger partial charge in [0.2, 0.25) is 0 Å². The Morgan fingerprint density at radius 1 is 1.07 bits per heavy atom. The van der Waals surface area contributed by atoms with Gasteiger partial charge in [-0.1, -0.05) is 12.1 Å². The molecule has 3 rings (SSSR count). The molecule has 0 atom stereocenters. The van der Waals surface area contributed by atoms with Gasteiger partial charge in [0.1, 0.15) is 4.88 Å². The van der Waals surface area contributed by atoms with Crippen molar-refractivity contribution < 1.29 is 9.59 Å². The summed E-state index contributed by atoms with van der Waals surface area (Å²) in [6.45, 7) is 4.54. The highest BCUT2D eigenvalue weighted by Gasteiger charge is 2.17. The van der Waals surface area contributed by atoms with Crippen LogP contribution in [0.5, 0.6) is 0 Å². The molecule has 2 amide bonds. The van der Waals surface area contributed by atoms with Gasteiger partial charge >= 0.3 is 0 Å².